The van der Waals surface area contributed by atoms with Crippen molar-refractivity contribution in [3.05, 3.63) is 36.4 Å². The molecule has 0 fully saturated rings. The lowest BCUT2D eigenvalue weighted by atomic mass is 9.96. The van der Waals surface area contributed by atoms with E-state index in [-0.39, 0.29) is 0 Å². The summed E-state index contributed by atoms with van der Waals surface area (Å²) in [6.45, 7) is 8.42. The molecule has 1 heteroatoms. The first-order chi connectivity index (χ1) is 6.16. The Morgan fingerprint density at radius 2 is 1.92 bits per heavy atom. The fourth-order valence-corrected chi connectivity index (χ4v) is 1.29. The average Bonchev–Trinajstić information content (AvgIpc) is 2.16. The molecular weight excluding hydrogens is 158 g/mol. The first kappa shape index (κ1) is 9.85. The second kappa shape index (κ2) is 4.13. The summed E-state index contributed by atoms with van der Waals surface area (Å²) in [5, 5.41) is 3.17. The molecule has 13 heavy (non-hydrogen) atoms. The van der Waals surface area contributed by atoms with E-state index in [0.717, 1.165) is 5.69 Å². The number of rotatable bonds is 3. The minimum Gasteiger partial charge on any atom is -0.388 e. The molecule has 0 atom stereocenters. The summed E-state index contributed by atoms with van der Waals surface area (Å²) in [7, 11) is 1.94. The lowest BCUT2D eigenvalue weighted by molar-refractivity contribution is 0.858. The van der Waals surface area contributed by atoms with Crippen LogP contribution in [0.2, 0.25) is 0 Å². The standard InChI is InChI=1S/C12H17N/c1-9(2)10(3)11-7-5-6-8-12(11)13-4/h5-9,13H,3H2,1-2,4H3. The van der Waals surface area contributed by atoms with Gasteiger partial charge in [0.05, 0.1) is 0 Å². The maximum Gasteiger partial charge on any atom is 0.0413 e. The largest absolute Gasteiger partial charge is 0.388 e. The lowest BCUT2D eigenvalue weighted by Gasteiger charge is -2.13. The predicted molar refractivity (Wildman–Crippen MR) is 59.9 cm³/mol. The van der Waals surface area contributed by atoms with Crippen molar-refractivity contribution in [3.63, 3.8) is 0 Å². The molecule has 1 aromatic carbocycles. The minimum atomic E-state index is 0.495. The van der Waals surface area contributed by atoms with Crippen LogP contribution in [0.25, 0.3) is 5.57 Å². The van der Waals surface area contributed by atoms with E-state index in [4.69, 9.17) is 0 Å². The van der Waals surface area contributed by atoms with Gasteiger partial charge < -0.3 is 5.32 Å². The van der Waals surface area contributed by atoms with Crippen LogP contribution in [-0.4, -0.2) is 7.05 Å². The van der Waals surface area contributed by atoms with Crippen LogP contribution in [0.15, 0.2) is 30.8 Å². The monoisotopic (exact) mass is 175 g/mol. The average molecular weight is 175 g/mol. The van der Waals surface area contributed by atoms with Crippen LogP contribution in [0.3, 0.4) is 0 Å². The van der Waals surface area contributed by atoms with Gasteiger partial charge in [0.15, 0.2) is 0 Å². The summed E-state index contributed by atoms with van der Waals surface area (Å²) < 4.78 is 0. The van der Waals surface area contributed by atoms with Gasteiger partial charge in [-0.25, -0.2) is 0 Å². The van der Waals surface area contributed by atoms with Crippen molar-refractivity contribution < 1.29 is 0 Å². The molecular formula is C12H17N. The second-order valence-corrected chi connectivity index (χ2v) is 3.48. The van der Waals surface area contributed by atoms with Crippen LogP contribution in [0.4, 0.5) is 5.69 Å². The third kappa shape index (κ3) is 2.11. The Kier molecular flexibility index (Phi) is 3.13. The number of hydrogen-bond donors (Lipinski definition) is 1. The number of hydrogen-bond acceptors (Lipinski definition) is 1. The van der Waals surface area contributed by atoms with Gasteiger partial charge in [-0.1, -0.05) is 38.6 Å². The number of benzene rings is 1. The molecule has 0 spiro atoms. The third-order valence-electron chi connectivity index (χ3n) is 2.24. The zero-order valence-electron chi connectivity index (χ0n) is 8.59. The maximum absolute atomic E-state index is 4.09. The molecule has 70 valence electrons. The van der Waals surface area contributed by atoms with E-state index in [1.165, 1.54) is 11.1 Å². The van der Waals surface area contributed by atoms with Gasteiger partial charge in [0.1, 0.15) is 0 Å². The van der Waals surface area contributed by atoms with Crippen LogP contribution in [-0.2, 0) is 0 Å². The molecule has 0 radical (unpaired) electrons. The van der Waals surface area contributed by atoms with Gasteiger partial charge in [0, 0.05) is 18.3 Å². The molecule has 1 aromatic rings. The van der Waals surface area contributed by atoms with Gasteiger partial charge >= 0.3 is 0 Å². The molecule has 1 rings (SSSR count). The molecule has 0 aliphatic rings. The van der Waals surface area contributed by atoms with Crippen LogP contribution < -0.4 is 5.32 Å². The number of para-hydroxylation sites is 1. The quantitative estimate of drug-likeness (QED) is 0.742. The molecule has 1 nitrogen and oxygen atoms in total. The fourth-order valence-electron chi connectivity index (χ4n) is 1.29. The summed E-state index contributed by atoms with van der Waals surface area (Å²) in [6, 6.07) is 8.25. The first-order valence-electron chi connectivity index (χ1n) is 4.62. The van der Waals surface area contributed by atoms with Crippen LogP contribution in [0, 0.1) is 5.92 Å². The van der Waals surface area contributed by atoms with Crippen molar-refractivity contribution in [2.45, 2.75) is 13.8 Å². The molecule has 0 saturated carbocycles. The Hall–Kier alpha value is -1.24. The Balaban J connectivity index is 3.06. The van der Waals surface area contributed by atoms with Crippen LogP contribution in [0.1, 0.15) is 19.4 Å². The summed E-state index contributed by atoms with van der Waals surface area (Å²) >= 11 is 0. The molecule has 1 N–H and O–H groups in total. The van der Waals surface area contributed by atoms with E-state index in [1.54, 1.807) is 0 Å². The minimum absolute atomic E-state index is 0.495. The van der Waals surface area contributed by atoms with E-state index in [2.05, 4.69) is 37.9 Å². The zero-order chi connectivity index (χ0) is 9.84. The molecule has 0 saturated heterocycles. The molecule has 0 heterocycles. The lowest BCUT2D eigenvalue weighted by Crippen LogP contribution is -1.97. The molecule has 0 aliphatic heterocycles. The Morgan fingerprint density at radius 1 is 1.31 bits per heavy atom. The highest BCUT2D eigenvalue weighted by Gasteiger charge is 2.06. The third-order valence-corrected chi connectivity index (χ3v) is 2.24. The Morgan fingerprint density at radius 3 is 2.46 bits per heavy atom. The van der Waals surface area contributed by atoms with Crippen molar-refractivity contribution in [2.24, 2.45) is 5.92 Å². The number of nitrogens with one attached hydrogen (secondary N) is 1. The SMILES string of the molecule is C=C(c1ccccc1NC)C(C)C. The van der Waals surface area contributed by atoms with Gasteiger partial charge in [-0.2, -0.15) is 0 Å². The Bertz CT molecular complexity index is 300. The molecule has 0 aliphatic carbocycles. The zero-order valence-corrected chi connectivity index (χ0v) is 8.59. The van der Waals surface area contributed by atoms with Gasteiger partial charge in [-0.05, 0) is 17.6 Å². The van der Waals surface area contributed by atoms with Gasteiger partial charge in [-0.15, -0.1) is 0 Å². The van der Waals surface area contributed by atoms with E-state index >= 15 is 0 Å². The highest BCUT2D eigenvalue weighted by atomic mass is 14.8. The van der Waals surface area contributed by atoms with Crippen LogP contribution in [0.5, 0.6) is 0 Å². The van der Waals surface area contributed by atoms with Crippen molar-refractivity contribution in [3.8, 4) is 0 Å². The first-order valence-corrected chi connectivity index (χ1v) is 4.62. The van der Waals surface area contributed by atoms with Crippen LogP contribution >= 0.6 is 0 Å². The highest BCUT2D eigenvalue weighted by Crippen LogP contribution is 2.27. The van der Waals surface area contributed by atoms with E-state index in [0.29, 0.717) is 5.92 Å². The maximum atomic E-state index is 4.09. The summed E-state index contributed by atoms with van der Waals surface area (Å²) in [4.78, 5) is 0. The predicted octanol–water partition coefficient (Wildman–Crippen LogP) is 3.40. The molecule has 0 amide bonds. The Labute approximate surface area is 80.5 Å². The topological polar surface area (TPSA) is 12.0 Å². The highest BCUT2D eigenvalue weighted by molar-refractivity contribution is 5.75. The van der Waals surface area contributed by atoms with Crippen molar-refractivity contribution in [1.82, 2.24) is 0 Å². The number of anilines is 1. The smallest absolute Gasteiger partial charge is 0.0413 e. The van der Waals surface area contributed by atoms with Gasteiger partial charge in [0.2, 0.25) is 0 Å². The summed E-state index contributed by atoms with van der Waals surface area (Å²) in [5.41, 5.74) is 3.56. The van der Waals surface area contributed by atoms with Crippen molar-refractivity contribution in [1.29, 1.82) is 0 Å². The van der Waals surface area contributed by atoms with Gasteiger partial charge in [-0.3, -0.25) is 0 Å². The fraction of sp³-hybridized carbons (Fsp3) is 0.333. The van der Waals surface area contributed by atoms with Crippen molar-refractivity contribution in [2.75, 3.05) is 12.4 Å². The van der Waals surface area contributed by atoms with E-state index in [1.807, 2.05) is 19.2 Å². The second-order valence-electron chi connectivity index (χ2n) is 3.48. The number of allylic oxidation sites excluding steroid dienone is 1. The molecule has 0 aromatic heterocycles. The molecule has 0 unspecified atom stereocenters. The van der Waals surface area contributed by atoms with Crippen molar-refractivity contribution >= 4 is 11.3 Å². The summed E-state index contributed by atoms with van der Waals surface area (Å²) in [6.07, 6.45) is 0. The van der Waals surface area contributed by atoms with E-state index in [9.17, 15) is 0 Å². The van der Waals surface area contributed by atoms with E-state index < -0.39 is 0 Å². The van der Waals surface area contributed by atoms with Gasteiger partial charge in [0.25, 0.3) is 0 Å². The molecule has 0 bridgehead atoms. The normalized spacial score (nSPS) is 10.2. The summed E-state index contributed by atoms with van der Waals surface area (Å²) in [5.74, 6) is 0.495.